The van der Waals surface area contributed by atoms with Gasteiger partial charge in [0.1, 0.15) is 11.9 Å². The molecule has 0 heterocycles. The lowest BCUT2D eigenvalue weighted by Gasteiger charge is -2.22. The second kappa shape index (κ2) is 10.6. The average molecular weight is 451 g/mol. The van der Waals surface area contributed by atoms with Crippen molar-refractivity contribution in [2.24, 2.45) is 5.73 Å². The normalized spacial score (nSPS) is 12.1. The molecular weight excluding hydrogens is 429 g/mol. The molecule has 0 bridgehead atoms. The number of nitrogens with zero attached hydrogens (tertiary/aromatic N) is 1. The average Bonchev–Trinajstić information content (AvgIpc) is 2.73. The summed E-state index contributed by atoms with van der Waals surface area (Å²) < 4.78 is 44.8. The molecular formula is C20H22FN3O6S. The van der Waals surface area contributed by atoms with Gasteiger partial charge in [0.15, 0.2) is 6.61 Å². The van der Waals surface area contributed by atoms with Crippen LogP contribution in [0, 0.1) is 5.82 Å². The summed E-state index contributed by atoms with van der Waals surface area (Å²) in [4.78, 5) is 36.9. The molecule has 11 heteroatoms. The van der Waals surface area contributed by atoms with E-state index in [1.54, 1.807) is 6.07 Å². The molecule has 0 spiro atoms. The van der Waals surface area contributed by atoms with Crippen molar-refractivity contribution in [3.05, 3.63) is 60.4 Å². The van der Waals surface area contributed by atoms with Crippen molar-refractivity contribution >= 4 is 33.5 Å². The van der Waals surface area contributed by atoms with Crippen molar-refractivity contribution in [3.8, 4) is 0 Å². The number of benzene rings is 2. The third-order valence-electron chi connectivity index (χ3n) is 4.10. The first-order valence-electron chi connectivity index (χ1n) is 9.18. The summed E-state index contributed by atoms with van der Waals surface area (Å²) in [7, 11) is -3.96. The maximum atomic E-state index is 13.2. The third kappa shape index (κ3) is 7.15. The predicted molar refractivity (Wildman–Crippen MR) is 110 cm³/mol. The minimum Gasteiger partial charge on any atom is -0.454 e. The van der Waals surface area contributed by atoms with Crippen molar-refractivity contribution in [1.29, 1.82) is 0 Å². The van der Waals surface area contributed by atoms with Crippen molar-refractivity contribution in [1.82, 2.24) is 4.72 Å². The molecule has 2 aromatic carbocycles. The van der Waals surface area contributed by atoms with Crippen LogP contribution in [0.25, 0.3) is 0 Å². The molecule has 1 atom stereocenters. The van der Waals surface area contributed by atoms with Gasteiger partial charge in [-0.15, -0.1) is 0 Å². The summed E-state index contributed by atoms with van der Waals surface area (Å²) >= 11 is 0. The SMILES string of the molecule is C[C@H](NS(=O)(=O)c1ccccc1)C(=O)OCC(=O)N(CCC(N)=O)c1ccc(F)cc1. The molecule has 0 fully saturated rings. The number of hydrogen-bond acceptors (Lipinski definition) is 6. The highest BCUT2D eigenvalue weighted by molar-refractivity contribution is 7.89. The first-order valence-corrected chi connectivity index (χ1v) is 10.7. The van der Waals surface area contributed by atoms with Gasteiger partial charge in [0, 0.05) is 18.7 Å². The van der Waals surface area contributed by atoms with E-state index >= 15 is 0 Å². The summed E-state index contributed by atoms with van der Waals surface area (Å²) in [6.45, 7) is 0.456. The predicted octanol–water partition coefficient (Wildman–Crippen LogP) is 0.944. The standard InChI is InChI=1S/C20H22FN3O6S/c1-14(23-31(28,29)17-5-3-2-4-6-17)20(27)30-13-19(26)24(12-11-18(22)25)16-9-7-15(21)8-10-16/h2-10,14,23H,11-13H2,1H3,(H2,22,25)/t14-/m0/s1. The Labute approximate surface area is 179 Å². The zero-order valence-corrected chi connectivity index (χ0v) is 17.5. The highest BCUT2D eigenvalue weighted by atomic mass is 32.2. The van der Waals surface area contributed by atoms with Crippen molar-refractivity contribution in [2.45, 2.75) is 24.3 Å². The van der Waals surface area contributed by atoms with E-state index in [0.717, 1.165) is 17.0 Å². The zero-order valence-electron chi connectivity index (χ0n) is 16.7. The van der Waals surface area contributed by atoms with Gasteiger partial charge >= 0.3 is 5.97 Å². The second-order valence-corrected chi connectivity index (χ2v) is 8.22. The van der Waals surface area contributed by atoms with Gasteiger partial charge in [0.05, 0.1) is 4.90 Å². The molecule has 0 radical (unpaired) electrons. The lowest BCUT2D eigenvalue weighted by atomic mass is 10.2. The van der Waals surface area contributed by atoms with Crippen LogP contribution in [0.15, 0.2) is 59.5 Å². The Hall–Kier alpha value is -3.31. The quantitative estimate of drug-likeness (QED) is 0.516. The minimum absolute atomic E-state index is 0.0281. The lowest BCUT2D eigenvalue weighted by molar-refractivity contribution is -0.149. The summed E-state index contributed by atoms with van der Waals surface area (Å²) in [6.07, 6.45) is -0.162. The van der Waals surface area contributed by atoms with Crippen molar-refractivity contribution in [2.75, 3.05) is 18.1 Å². The molecule has 2 rings (SSSR count). The number of halogens is 1. The van der Waals surface area contributed by atoms with Crippen LogP contribution in [-0.2, 0) is 29.1 Å². The number of carbonyl (C=O) groups is 3. The van der Waals surface area contributed by atoms with Crippen LogP contribution in [0.4, 0.5) is 10.1 Å². The van der Waals surface area contributed by atoms with E-state index in [-0.39, 0.29) is 23.5 Å². The van der Waals surface area contributed by atoms with Gasteiger partial charge in [-0.25, -0.2) is 12.8 Å². The van der Waals surface area contributed by atoms with Gasteiger partial charge in [-0.1, -0.05) is 18.2 Å². The van der Waals surface area contributed by atoms with Crippen molar-refractivity contribution < 1.29 is 31.9 Å². The number of carbonyl (C=O) groups excluding carboxylic acids is 3. The molecule has 3 N–H and O–H groups in total. The first kappa shape index (κ1) is 24.0. The Kier molecular flexibility index (Phi) is 8.22. The van der Waals surface area contributed by atoms with E-state index < -0.39 is 46.3 Å². The van der Waals surface area contributed by atoms with E-state index in [0.29, 0.717) is 0 Å². The number of nitrogens with one attached hydrogen (secondary N) is 1. The molecule has 0 saturated carbocycles. The molecule has 0 aromatic heterocycles. The van der Waals surface area contributed by atoms with Crippen LogP contribution < -0.4 is 15.4 Å². The summed E-state index contributed by atoms with van der Waals surface area (Å²) in [6, 6.07) is 11.1. The maximum absolute atomic E-state index is 13.2. The van der Waals surface area contributed by atoms with E-state index in [1.165, 1.54) is 43.3 Å². The molecule has 9 nitrogen and oxygen atoms in total. The Morgan fingerprint density at radius 3 is 2.29 bits per heavy atom. The maximum Gasteiger partial charge on any atom is 0.324 e. The van der Waals surface area contributed by atoms with Crippen LogP contribution in [0.2, 0.25) is 0 Å². The highest BCUT2D eigenvalue weighted by Gasteiger charge is 2.25. The number of primary amides is 1. The van der Waals surface area contributed by atoms with Gasteiger partial charge in [0.2, 0.25) is 15.9 Å². The fourth-order valence-corrected chi connectivity index (χ4v) is 3.74. The third-order valence-corrected chi connectivity index (χ3v) is 5.65. The molecule has 0 aliphatic carbocycles. The molecule has 2 aromatic rings. The Bertz CT molecular complexity index is 1030. The van der Waals surface area contributed by atoms with Crippen LogP contribution in [0.1, 0.15) is 13.3 Å². The number of amides is 2. The largest absolute Gasteiger partial charge is 0.454 e. The van der Waals surface area contributed by atoms with Crippen LogP contribution >= 0.6 is 0 Å². The summed E-state index contributed by atoms with van der Waals surface area (Å²) in [5, 5.41) is 0. The first-order chi connectivity index (χ1) is 14.6. The number of nitrogens with two attached hydrogens (primary N) is 1. The number of esters is 1. The topological polar surface area (TPSA) is 136 Å². The van der Waals surface area contributed by atoms with Crippen LogP contribution in [0.3, 0.4) is 0 Å². The smallest absolute Gasteiger partial charge is 0.324 e. The molecule has 0 unspecified atom stereocenters. The van der Waals surface area contributed by atoms with Crippen molar-refractivity contribution in [3.63, 3.8) is 0 Å². The summed E-state index contributed by atoms with van der Waals surface area (Å²) in [5.74, 6) is -2.83. The number of hydrogen-bond donors (Lipinski definition) is 2. The molecule has 2 amide bonds. The Morgan fingerprint density at radius 1 is 1.10 bits per heavy atom. The summed E-state index contributed by atoms with van der Waals surface area (Å²) in [5.41, 5.74) is 5.40. The van der Waals surface area contributed by atoms with Crippen LogP contribution in [0.5, 0.6) is 0 Å². The Balaban J connectivity index is 2.01. The highest BCUT2D eigenvalue weighted by Crippen LogP contribution is 2.16. The molecule has 166 valence electrons. The van der Waals surface area contributed by atoms with Gasteiger partial charge in [-0.05, 0) is 43.3 Å². The Morgan fingerprint density at radius 2 is 1.71 bits per heavy atom. The van der Waals surface area contributed by atoms with Gasteiger partial charge < -0.3 is 15.4 Å². The fraction of sp³-hybridized carbons (Fsp3) is 0.250. The second-order valence-electron chi connectivity index (χ2n) is 6.50. The lowest BCUT2D eigenvalue weighted by Crippen LogP contribution is -2.42. The van der Waals surface area contributed by atoms with Gasteiger partial charge in [0.25, 0.3) is 5.91 Å². The molecule has 0 aliphatic heterocycles. The monoisotopic (exact) mass is 451 g/mol. The number of sulfonamides is 1. The number of ether oxygens (including phenoxy) is 1. The van der Waals surface area contributed by atoms with Gasteiger partial charge in [-0.2, -0.15) is 4.72 Å². The van der Waals surface area contributed by atoms with Gasteiger partial charge in [-0.3, -0.25) is 14.4 Å². The molecule has 0 aliphatic rings. The van der Waals surface area contributed by atoms with E-state index in [4.69, 9.17) is 10.5 Å². The minimum atomic E-state index is -3.96. The van der Waals surface area contributed by atoms with E-state index in [9.17, 15) is 27.2 Å². The fourth-order valence-electron chi connectivity index (χ4n) is 2.53. The number of anilines is 1. The van der Waals surface area contributed by atoms with E-state index in [1.807, 2.05) is 0 Å². The molecule has 0 saturated heterocycles. The molecule has 31 heavy (non-hydrogen) atoms. The van der Waals surface area contributed by atoms with Crippen LogP contribution in [-0.4, -0.2) is 45.4 Å². The number of rotatable bonds is 10. The zero-order chi connectivity index (χ0) is 23.0. The van der Waals surface area contributed by atoms with E-state index in [2.05, 4.69) is 4.72 Å².